The Morgan fingerprint density at radius 1 is 1.17 bits per heavy atom. The predicted molar refractivity (Wildman–Crippen MR) is 120 cm³/mol. The second-order valence-electron chi connectivity index (χ2n) is 9.33. The summed E-state index contributed by atoms with van der Waals surface area (Å²) in [5, 5.41) is 4.95. The normalized spacial score (nSPS) is 17.2. The summed E-state index contributed by atoms with van der Waals surface area (Å²) in [6.07, 6.45) is 3.23. The highest BCUT2D eigenvalue weighted by Crippen LogP contribution is 2.22. The summed E-state index contributed by atoms with van der Waals surface area (Å²) in [5.74, 6) is 1.30. The molecule has 1 fully saturated rings. The fourth-order valence-corrected chi connectivity index (χ4v) is 4.14. The molecule has 1 amide bonds. The minimum Gasteiger partial charge on any atom is -0.340 e. The molecule has 1 aromatic rings. The molecule has 1 aromatic heterocycles. The van der Waals surface area contributed by atoms with Gasteiger partial charge in [-0.3, -0.25) is 14.6 Å². The molecular formula is C21H40N6OS. The van der Waals surface area contributed by atoms with Gasteiger partial charge in [0, 0.05) is 38.1 Å². The molecule has 8 heteroatoms. The van der Waals surface area contributed by atoms with Gasteiger partial charge in [0.2, 0.25) is 5.91 Å². The van der Waals surface area contributed by atoms with Gasteiger partial charge in [0.15, 0.2) is 4.77 Å². The molecule has 2 heterocycles. The Kier molecular flexibility index (Phi) is 8.43. The molecule has 166 valence electrons. The largest absolute Gasteiger partial charge is 0.340 e. The average molecular weight is 425 g/mol. The lowest BCUT2D eigenvalue weighted by atomic mass is 9.94. The van der Waals surface area contributed by atoms with Crippen LogP contribution in [-0.4, -0.2) is 75.2 Å². The van der Waals surface area contributed by atoms with E-state index in [2.05, 4.69) is 42.3 Å². The molecule has 1 saturated heterocycles. The topological polar surface area (TPSA) is 49.5 Å². The standard InChI is InChI=1S/C21H40N6OS/c1-8-10-11-26-18(17(9-2)23(6)7)22-27(20(26)29)16-24-12-14-25(15-13-24)19(28)21(3,4)5/h17H,8-16H2,1-7H3. The van der Waals surface area contributed by atoms with Gasteiger partial charge in [0.1, 0.15) is 5.82 Å². The highest BCUT2D eigenvalue weighted by Gasteiger charge is 2.30. The van der Waals surface area contributed by atoms with Crippen LogP contribution in [0.25, 0.3) is 0 Å². The van der Waals surface area contributed by atoms with Gasteiger partial charge in [0.05, 0.1) is 12.7 Å². The molecule has 0 N–H and O–H groups in total. The number of carbonyl (C=O) groups is 1. The molecule has 0 saturated carbocycles. The van der Waals surface area contributed by atoms with Crippen LogP contribution in [0, 0.1) is 10.2 Å². The van der Waals surface area contributed by atoms with Crippen LogP contribution in [0.1, 0.15) is 65.7 Å². The summed E-state index contributed by atoms with van der Waals surface area (Å²) in [6.45, 7) is 15.2. The fraction of sp³-hybridized carbons (Fsp3) is 0.857. The first-order valence-corrected chi connectivity index (χ1v) is 11.4. The van der Waals surface area contributed by atoms with Crippen LogP contribution >= 0.6 is 12.2 Å². The van der Waals surface area contributed by atoms with Gasteiger partial charge >= 0.3 is 0 Å². The van der Waals surface area contributed by atoms with Crippen molar-refractivity contribution in [2.75, 3.05) is 40.3 Å². The van der Waals surface area contributed by atoms with Crippen molar-refractivity contribution in [3.63, 3.8) is 0 Å². The first-order chi connectivity index (χ1) is 13.6. The van der Waals surface area contributed by atoms with Crippen molar-refractivity contribution in [2.45, 2.75) is 73.1 Å². The van der Waals surface area contributed by atoms with E-state index in [0.717, 1.165) is 62.6 Å². The second kappa shape index (κ2) is 10.2. The third-order valence-corrected chi connectivity index (χ3v) is 6.06. The molecule has 0 bridgehead atoms. The van der Waals surface area contributed by atoms with Crippen molar-refractivity contribution in [1.82, 2.24) is 29.0 Å². The monoisotopic (exact) mass is 424 g/mol. The van der Waals surface area contributed by atoms with Crippen molar-refractivity contribution >= 4 is 18.1 Å². The highest BCUT2D eigenvalue weighted by atomic mass is 32.1. The molecule has 29 heavy (non-hydrogen) atoms. The van der Waals surface area contributed by atoms with Crippen molar-refractivity contribution in [1.29, 1.82) is 0 Å². The summed E-state index contributed by atoms with van der Waals surface area (Å²) in [7, 11) is 4.21. The number of aromatic nitrogens is 3. The van der Waals surface area contributed by atoms with Crippen LogP contribution < -0.4 is 0 Å². The number of rotatable bonds is 8. The Morgan fingerprint density at radius 2 is 1.79 bits per heavy atom. The SMILES string of the molecule is CCCCn1c(C(CC)N(C)C)nn(CN2CCN(C(=O)C(C)(C)C)CC2)c1=S. The van der Waals surface area contributed by atoms with E-state index in [-0.39, 0.29) is 17.4 Å². The zero-order chi connectivity index (χ0) is 21.8. The first kappa shape index (κ1) is 24.0. The summed E-state index contributed by atoms with van der Waals surface area (Å²) >= 11 is 5.82. The lowest BCUT2D eigenvalue weighted by molar-refractivity contribution is -0.141. The van der Waals surface area contributed by atoms with E-state index in [4.69, 9.17) is 17.3 Å². The van der Waals surface area contributed by atoms with Crippen LogP contribution in [0.3, 0.4) is 0 Å². The van der Waals surface area contributed by atoms with E-state index < -0.39 is 0 Å². The maximum absolute atomic E-state index is 12.5. The number of carbonyl (C=O) groups excluding carboxylic acids is 1. The molecule has 1 aliphatic heterocycles. The number of amides is 1. The molecular weight excluding hydrogens is 384 g/mol. The number of piperazine rings is 1. The summed E-state index contributed by atoms with van der Waals surface area (Å²) in [4.78, 5) is 19.1. The molecule has 1 aliphatic rings. The number of unbranched alkanes of at least 4 members (excludes halogenated alkanes) is 1. The van der Waals surface area contributed by atoms with Gasteiger partial charge in [0.25, 0.3) is 0 Å². The van der Waals surface area contributed by atoms with E-state index in [9.17, 15) is 4.79 Å². The Balaban J connectivity index is 2.14. The van der Waals surface area contributed by atoms with Crippen LogP contribution in [0.5, 0.6) is 0 Å². The lowest BCUT2D eigenvalue weighted by Gasteiger charge is -2.37. The molecule has 7 nitrogen and oxygen atoms in total. The summed E-state index contributed by atoms with van der Waals surface area (Å²) < 4.78 is 5.02. The maximum atomic E-state index is 12.5. The number of hydrogen-bond donors (Lipinski definition) is 0. The number of hydrogen-bond acceptors (Lipinski definition) is 5. The first-order valence-electron chi connectivity index (χ1n) is 11.0. The maximum Gasteiger partial charge on any atom is 0.228 e. The van der Waals surface area contributed by atoms with E-state index in [1.807, 2.05) is 30.4 Å². The molecule has 1 unspecified atom stereocenters. The Hall–Kier alpha value is -1.25. The third kappa shape index (κ3) is 5.89. The highest BCUT2D eigenvalue weighted by molar-refractivity contribution is 7.71. The van der Waals surface area contributed by atoms with Crippen LogP contribution in [0.4, 0.5) is 0 Å². The van der Waals surface area contributed by atoms with E-state index in [1.165, 1.54) is 0 Å². The van der Waals surface area contributed by atoms with Crippen LogP contribution in [0.15, 0.2) is 0 Å². The second-order valence-corrected chi connectivity index (χ2v) is 9.70. The Bertz CT molecular complexity index is 725. The van der Waals surface area contributed by atoms with Gasteiger partial charge in [-0.05, 0) is 39.2 Å². The van der Waals surface area contributed by atoms with Gasteiger partial charge in [-0.1, -0.05) is 41.0 Å². The zero-order valence-corrected chi connectivity index (χ0v) is 20.3. The molecule has 0 spiro atoms. The van der Waals surface area contributed by atoms with E-state index in [0.29, 0.717) is 6.67 Å². The smallest absolute Gasteiger partial charge is 0.228 e. The van der Waals surface area contributed by atoms with Crippen molar-refractivity contribution in [3.05, 3.63) is 10.6 Å². The minimum absolute atomic E-state index is 0.233. The molecule has 1 atom stereocenters. The Labute approximate surface area is 181 Å². The van der Waals surface area contributed by atoms with Crippen LogP contribution in [-0.2, 0) is 18.0 Å². The quantitative estimate of drug-likeness (QED) is 0.599. The van der Waals surface area contributed by atoms with E-state index >= 15 is 0 Å². The lowest BCUT2D eigenvalue weighted by Crippen LogP contribution is -2.51. The van der Waals surface area contributed by atoms with Gasteiger partial charge in [-0.15, -0.1) is 0 Å². The summed E-state index contributed by atoms with van der Waals surface area (Å²) in [6, 6.07) is 0.260. The average Bonchev–Trinajstić information content (AvgIpc) is 2.95. The van der Waals surface area contributed by atoms with Gasteiger partial charge in [-0.2, -0.15) is 5.10 Å². The summed E-state index contributed by atoms with van der Waals surface area (Å²) in [5.41, 5.74) is -0.320. The Morgan fingerprint density at radius 3 is 2.28 bits per heavy atom. The fourth-order valence-electron chi connectivity index (χ4n) is 3.86. The van der Waals surface area contributed by atoms with Gasteiger partial charge < -0.3 is 9.47 Å². The van der Waals surface area contributed by atoms with Gasteiger partial charge in [-0.25, -0.2) is 4.68 Å². The van der Waals surface area contributed by atoms with Crippen LogP contribution in [0.2, 0.25) is 0 Å². The third-order valence-electron chi connectivity index (χ3n) is 5.63. The molecule has 0 aromatic carbocycles. The molecule has 2 rings (SSSR count). The zero-order valence-electron chi connectivity index (χ0n) is 19.4. The predicted octanol–water partition coefficient (Wildman–Crippen LogP) is 3.37. The van der Waals surface area contributed by atoms with Crippen molar-refractivity contribution < 1.29 is 4.79 Å². The number of nitrogens with zero attached hydrogens (tertiary/aromatic N) is 6. The molecule has 0 radical (unpaired) electrons. The minimum atomic E-state index is -0.320. The molecule has 0 aliphatic carbocycles. The van der Waals surface area contributed by atoms with Crippen molar-refractivity contribution in [3.8, 4) is 0 Å². The van der Waals surface area contributed by atoms with E-state index in [1.54, 1.807) is 0 Å². The van der Waals surface area contributed by atoms with Crippen molar-refractivity contribution in [2.24, 2.45) is 5.41 Å².